The highest BCUT2D eigenvalue weighted by Crippen LogP contribution is 2.36. The Balaban J connectivity index is 1.77. The standard InChI is InChI=1S/C22H18ClFN4O3S/c1-13-16(26-21-15(24)7-8-18(20(21)23)27-32(30)31)9-10-17-19(13)22(29)28(12-25-17)11-14-5-3-2-4-6-14/h2-10,12,26-27H,11H2,1H3,(H,30,31)/p-1. The molecule has 0 saturated carbocycles. The van der Waals surface area contributed by atoms with E-state index in [0.29, 0.717) is 28.7 Å². The summed E-state index contributed by atoms with van der Waals surface area (Å²) in [4.78, 5) is 17.6. The summed E-state index contributed by atoms with van der Waals surface area (Å²) in [6.07, 6.45) is 1.50. The number of nitrogens with zero attached hydrogens (tertiary/aromatic N) is 2. The minimum absolute atomic E-state index is 0.0224. The lowest BCUT2D eigenvalue weighted by Crippen LogP contribution is -2.22. The minimum Gasteiger partial charge on any atom is -0.755 e. The third kappa shape index (κ3) is 4.36. The van der Waals surface area contributed by atoms with E-state index in [4.69, 9.17) is 11.6 Å². The van der Waals surface area contributed by atoms with Gasteiger partial charge < -0.3 is 14.6 Å². The Bertz CT molecular complexity index is 1400. The Labute approximate surface area is 190 Å². The molecule has 2 N–H and O–H groups in total. The summed E-state index contributed by atoms with van der Waals surface area (Å²) in [5.41, 5.74) is 2.14. The van der Waals surface area contributed by atoms with E-state index < -0.39 is 17.1 Å². The molecule has 0 aliphatic carbocycles. The maximum Gasteiger partial charge on any atom is 0.261 e. The van der Waals surface area contributed by atoms with Gasteiger partial charge in [-0.05, 0) is 42.3 Å². The molecule has 0 aliphatic rings. The summed E-state index contributed by atoms with van der Waals surface area (Å²) in [6.45, 7) is 2.08. The van der Waals surface area contributed by atoms with Gasteiger partial charge in [0.2, 0.25) is 0 Å². The molecule has 0 radical (unpaired) electrons. The number of hydrogen-bond donors (Lipinski definition) is 2. The molecule has 10 heteroatoms. The number of hydrogen-bond acceptors (Lipinski definition) is 5. The molecule has 32 heavy (non-hydrogen) atoms. The van der Waals surface area contributed by atoms with Gasteiger partial charge in [-0.1, -0.05) is 41.9 Å². The zero-order valence-corrected chi connectivity index (χ0v) is 18.3. The first-order valence-electron chi connectivity index (χ1n) is 9.48. The number of halogens is 2. The number of aryl methyl sites for hydroxylation is 1. The van der Waals surface area contributed by atoms with Crippen molar-refractivity contribution >= 4 is 50.8 Å². The van der Waals surface area contributed by atoms with E-state index in [2.05, 4.69) is 15.0 Å². The fraction of sp³-hybridized carbons (Fsp3) is 0.0909. The predicted octanol–water partition coefficient (Wildman–Crippen LogP) is 4.50. The summed E-state index contributed by atoms with van der Waals surface area (Å²) in [6, 6.07) is 15.2. The van der Waals surface area contributed by atoms with Crippen molar-refractivity contribution in [1.29, 1.82) is 0 Å². The van der Waals surface area contributed by atoms with Crippen molar-refractivity contribution in [1.82, 2.24) is 9.55 Å². The lowest BCUT2D eigenvalue weighted by atomic mass is 10.1. The van der Waals surface area contributed by atoms with Gasteiger partial charge >= 0.3 is 0 Å². The molecule has 164 valence electrons. The van der Waals surface area contributed by atoms with Crippen LogP contribution in [0.2, 0.25) is 5.02 Å². The maximum atomic E-state index is 14.5. The first-order chi connectivity index (χ1) is 15.3. The Morgan fingerprint density at radius 1 is 1.12 bits per heavy atom. The van der Waals surface area contributed by atoms with Crippen LogP contribution in [0.15, 0.2) is 65.7 Å². The van der Waals surface area contributed by atoms with E-state index in [0.717, 1.165) is 11.6 Å². The molecule has 1 atom stereocenters. The van der Waals surface area contributed by atoms with Crippen LogP contribution in [-0.2, 0) is 17.8 Å². The quantitative estimate of drug-likeness (QED) is 0.403. The van der Waals surface area contributed by atoms with Crippen LogP contribution in [0.25, 0.3) is 10.9 Å². The first kappa shape index (κ1) is 21.9. The van der Waals surface area contributed by atoms with Crippen LogP contribution in [0, 0.1) is 12.7 Å². The number of fused-ring (bicyclic) bond motifs is 1. The molecular formula is C22H17ClFN4O3S-. The van der Waals surface area contributed by atoms with Gasteiger partial charge in [0.05, 0.1) is 40.2 Å². The van der Waals surface area contributed by atoms with Crippen LogP contribution in [0.3, 0.4) is 0 Å². The maximum absolute atomic E-state index is 14.5. The highest BCUT2D eigenvalue weighted by Gasteiger charge is 2.16. The lowest BCUT2D eigenvalue weighted by Gasteiger charge is -2.17. The van der Waals surface area contributed by atoms with Crippen molar-refractivity contribution in [3.63, 3.8) is 0 Å². The van der Waals surface area contributed by atoms with Crippen molar-refractivity contribution in [3.05, 3.63) is 93.2 Å². The molecule has 0 saturated heterocycles. The molecule has 0 spiro atoms. The summed E-state index contributed by atoms with van der Waals surface area (Å²) >= 11 is 3.59. The van der Waals surface area contributed by atoms with Crippen LogP contribution >= 0.6 is 11.6 Å². The van der Waals surface area contributed by atoms with Crippen molar-refractivity contribution < 1.29 is 13.2 Å². The summed E-state index contributed by atoms with van der Waals surface area (Å²) < 4.78 is 40.0. The van der Waals surface area contributed by atoms with E-state index in [-0.39, 0.29) is 22.0 Å². The van der Waals surface area contributed by atoms with Gasteiger partial charge in [0.1, 0.15) is 5.82 Å². The average molecular weight is 472 g/mol. The smallest absolute Gasteiger partial charge is 0.261 e. The molecule has 0 fully saturated rings. The second-order valence-corrected chi connectivity index (χ2v) is 8.09. The summed E-state index contributed by atoms with van der Waals surface area (Å²) in [5, 5.41) is 3.14. The van der Waals surface area contributed by atoms with Crippen LogP contribution in [0.4, 0.5) is 21.5 Å². The number of benzene rings is 3. The number of rotatable bonds is 6. The van der Waals surface area contributed by atoms with Crippen molar-refractivity contribution in [3.8, 4) is 0 Å². The van der Waals surface area contributed by atoms with Gasteiger partial charge in [0, 0.05) is 17.0 Å². The predicted molar refractivity (Wildman–Crippen MR) is 124 cm³/mol. The first-order valence-corrected chi connectivity index (χ1v) is 10.9. The Hall–Kier alpha value is -3.27. The topological polar surface area (TPSA) is 99.1 Å². The molecule has 0 aliphatic heterocycles. The van der Waals surface area contributed by atoms with Crippen molar-refractivity contribution in [2.75, 3.05) is 10.0 Å². The molecule has 1 aromatic heterocycles. The molecule has 4 aromatic rings. The highest BCUT2D eigenvalue weighted by atomic mass is 35.5. The van der Waals surface area contributed by atoms with Crippen molar-refractivity contribution in [2.24, 2.45) is 0 Å². The summed E-state index contributed by atoms with van der Waals surface area (Å²) in [7, 11) is 0. The molecule has 3 aromatic carbocycles. The number of nitrogens with one attached hydrogen (secondary N) is 2. The Morgan fingerprint density at radius 2 is 1.84 bits per heavy atom. The SMILES string of the molecule is Cc1c(Nc2c(F)ccc(NS(=O)[O-])c2Cl)ccc2ncn(Cc3ccccc3)c(=O)c12. The molecule has 1 heterocycles. The molecule has 0 bridgehead atoms. The molecular weight excluding hydrogens is 455 g/mol. The van der Waals surface area contributed by atoms with E-state index in [1.54, 1.807) is 19.1 Å². The molecule has 1 unspecified atom stereocenters. The van der Waals surface area contributed by atoms with Gasteiger partial charge in [-0.25, -0.2) is 9.37 Å². The zero-order valence-electron chi connectivity index (χ0n) is 16.8. The number of aromatic nitrogens is 2. The third-order valence-corrected chi connectivity index (χ3v) is 5.77. The minimum atomic E-state index is -2.62. The monoisotopic (exact) mass is 471 g/mol. The lowest BCUT2D eigenvalue weighted by molar-refractivity contribution is 0.542. The van der Waals surface area contributed by atoms with Crippen molar-refractivity contribution in [2.45, 2.75) is 13.5 Å². The summed E-state index contributed by atoms with van der Waals surface area (Å²) in [5.74, 6) is -0.676. The average Bonchev–Trinajstić information content (AvgIpc) is 2.77. The van der Waals surface area contributed by atoms with Gasteiger partial charge in [-0.2, -0.15) is 0 Å². The van der Waals surface area contributed by atoms with Crippen LogP contribution in [-0.4, -0.2) is 18.3 Å². The van der Waals surface area contributed by atoms with Crippen LogP contribution in [0.1, 0.15) is 11.1 Å². The Morgan fingerprint density at radius 3 is 2.56 bits per heavy atom. The highest BCUT2D eigenvalue weighted by molar-refractivity contribution is 7.80. The molecule has 0 amide bonds. The van der Waals surface area contributed by atoms with Gasteiger partial charge in [0.15, 0.2) is 0 Å². The second kappa shape index (κ2) is 9.07. The van der Waals surface area contributed by atoms with Gasteiger partial charge in [-0.15, -0.1) is 0 Å². The van der Waals surface area contributed by atoms with E-state index in [1.165, 1.54) is 17.0 Å². The van der Waals surface area contributed by atoms with E-state index in [1.807, 2.05) is 30.3 Å². The molecule has 4 rings (SSSR count). The van der Waals surface area contributed by atoms with E-state index in [9.17, 15) is 17.9 Å². The fourth-order valence-electron chi connectivity index (χ4n) is 3.40. The number of anilines is 3. The van der Waals surface area contributed by atoms with Gasteiger partial charge in [0.25, 0.3) is 5.56 Å². The largest absolute Gasteiger partial charge is 0.755 e. The van der Waals surface area contributed by atoms with Crippen LogP contribution < -0.4 is 15.6 Å². The molecule has 7 nitrogen and oxygen atoms in total. The third-order valence-electron chi connectivity index (χ3n) is 4.99. The zero-order chi connectivity index (χ0) is 22.8. The fourth-order valence-corrected chi connectivity index (χ4v) is 4.05. The second-order valence-electron chi connectivity index (χ2n) is 7.04. The van der Waals surface area contributed by atoms with E-state index >= 15 is 0 Å². The Kier molecular flexibility index (Phi) is 6.22. The normalized spacial score (nSPS) is 12.0. The van der Waals surface area contributed by atoms with Crippen LogP contribution in [0.5, 0.6) is 0 Å². The van der Waals surface area contributed by atoms with Gasteiger partial charge in [-0.3, -0.25) is 13.6 Å².